The molecule has 0 aliphatic rings. The monoisotopic (exact) mass is 533 g/mol. The molecule has 0 unspecified atom stereocenters. The summed E-state index contributed by atoms with van der Waals surface area (Å²) in [6.45, 7) is 0. The van der Waals surface area contributed by atoms with Gasteiger partial charge in [-0.15, -0.1) is 0 Å². The lowest BCUT2D eigenvalue weighted by molar-refractivity contribution is 0.0589. The van der Waals surface area contributed by atoms with Gasteiger partial charge in [-0.3, -0.25) is 9.97 Å². The van der Waals surface area contributed by atoms with E-state index in [-0.39, 0.29) is 22.6 Å². The molecule has 0 amide bonds. The Balaban J connectivity index is 1.74. The molecule has 0 aliphatic heterocycles. The molecule has 0 radical (unpaired) electrons. The third kappa shape index (κ3) is 4.95. The van der Waals surface area contributed by atoms with Crippen molar-refractivity contribution in [3.05, 3.63) is 103 Å². The SMILES string of the molecule is COC(=O)c1c(O)cc(-c2cccnc2)cc1-c1cccc(-c2cc(-c3cccnc3)cc(O)c2C(=O)OC)n1. The van der Waals surface area contributed by atoms with Gasteiger partial charge in [0, 0.05) is 47.0 Å². The predicted molar refractivity (Wildman–Crippen MR) is 148 cm³/mol. The molecule has 0 saturated heterocycles. The van der Waals surface area contributed by atoms with Crippen LogP contribution in [-0.4, -0.2) is 51.3 Å². The minimum atomic E-state index is -0.746. The van der Waals surface area contributed by atoms with E-state index in [1.165, 1.54) is 26.4 Å². The number of pyridine rings is 3. The Morgan fingerprint density at radius 3 is 1.45 bits per heavy atom. The Hall–Kier alpha value is -5.57. The number of phenolic OH excluding ortho intramolecular Hbond substituents is 2. The molecule has 3 aromatic heterocycles. The van der Waals surface area contributed by atoms with Crippen LogP contribution in [0.4, 0.5) is 0 Å². The smallest absolute Gasteiger partial charge is 0.342 e. The van der Waals surface area contributed by atoms with E-state index < -0.39 is 11.9 Å². The normalized spacial score (nSPS) is 10.7. The first-order chi connectivity index (χ1) is 19.4. The van der Waals surface area contributed by atoms with E-state index in [2.05, 4.69) is 9.97 Å². The molecule has 9 nitrogen and oxygen atoms in total. The Labute approximate surface area is 229 Å². The number of hydrogen-bond acceptors (Lipinski definition) is 9. The van der Waals surface area contributed by atoms with Crippen molar-refractivity contribution < 1.29 is 29.3 Å². The van der Waals surface area contributed by atoms with Crippen LogP contribution in [-0.2, 0) is 9.47 Å². The largest absolute Gasteiger partial charge is 0.507 e. The number of esters is 2. The van der Waals surface area contributed by atoms with E-state index in [1.54, 1.807) is 67.3 Å². The molecule has 40 heavy (non-hydrogen) atoms. The summed E-state index contributed by atoms with van der Waals surface area (Å²) < 4.78 is 9.89. The summed E-state index contributed by atoms with van der Waals surface area (Å²) >= 11 is 0. The zero-order valence-corrected chi connectivity index (χ0v) is 21.5. The van der Waals surface area contributed by atoms with Crippen LogP contribution in [0.5, 0.6) is 11.5 Å². The lowest BCUT2D eigenvalue weighted by atomic mass is 9.94. The van der Waals surface area contributed by atoms with Crippen LogP contribution in [0.25, 0.3) is 44.8 Å². The third-order valence-electron chi connectivity index (χ3n) is 6.30. The fourth-order valence-corrected chi connectivity index (χ4v) is 4.43. The minimum Gasteiger partial charge on any atom is -0.507 e. The van der Waals surface area contributed by atoms with Gasteiger partial charge in [-0.2, -0.15) is 0 Å². The number of aromatic hydroxyl groups is 2. The number of hydrogen-bond donors (Lipinski definition) is 2. The molecule has 5 aromatic rings. The molecule has 5 rings (SSSR count). The zero-order chi connectivity index (χ0) is 28.2. The quantitative estimate of drug-likeness (QED) is 0.271. The van der Waals surface area contributed by atoms with E-state index in [4.69, 9.17) is 14.5 Å². The van der Waals surface area contributed by atoms with Crippen molar-refractivity contribution in [3.8, 4) is 56.3 Å². The summed E-state index contributed by atoms with van der Waals surface area (Å²) in [6.07, 6.45) is 6.53. The maximum atomic E-state index is 12.7. The van der Waals surface area contributed by atoms with Crippen LogP contribution >= 0.6 is 0 Å². The number of methoxy groups -OCH3 is 2. The molecule has 0 atom stereocenters. The summed E-state index contributed by atoms with van der Waals surface area (Å²) in [5.74, 6) is -2.07. The standard InChI is InChI=1S/C31H23N3O6/c1-39-30(37)28-22(12-20(14-26(28)35)18-6-4-10-32-16-18)24-8-3-9-25(34-24)23-13-21(19-7-5-11-33-17-19)15-27(36)29(23)31(38)40-2/h3-17,35-36H,1-2H3. The van der Waals surface area contributed by atoms with E-state index in [0.29, 0.717) is 44.8 Å². The highest BCUT2D eigenvalue weighted by Crippen LogP contribution is 2.39. The number of nitrogens with zero attached hydrogens (tertiary/aromatic N) is 3. The molecule has 0 saturated carbocycles. The summed E-state index contributed by atoms with van der Waals surface area (Å²) in [5.41, 5.74) is 3.75. The second kappa shape index (κ2) is 11.0. The number of carbonyl (C=O) groups excluding carboxylic acids is 2. The predicted octanol–water partition coefficient (Wildman–Crippen LogP) is 5.52. The number of benzene rings is 2. The van der Waals surface area contributed by atoms with E-state index in [0.717, 1.165) is 0 Å². The van der Waals surface area contributed by atoms with Gasteiger partial charge >= 0.3 is 11.9 Å². The molecule has 3 heterocycles. The van der Waals surface area contributed by atoms with Crippen LogP contribution in [0, 0.1) is 0 Å². The average Bonchev–Trinajstić information content (AvgIpc) is 3.00. The first-order valence-electron chi connectivity index (χ1n) is 12.1. The second-order valence-corrected chi connectivity index (χ2v) is 8.71. The highest BCUT2D eigenvalue weighted by atomic mass is 16.5. The lowest BCUT2D eigenvalue weighted by Gasteiger charge is -2.15. The van der Waals surface area contributed by atoms with Gasteiger partial charge in [0.05, 0.1) is 25.6 Å². The van der Waals surface area contributed by atoms with Gasteiger partial charge in [0.15, 0.2) is 0 Å². The first kappa shape index (κ1) is 26.1. The molecule has 0 fully saturated rings. The summed E-state index contributed by atoms with van der Waals surface area (Å²) in [7, 11) is 2.44. The minimum absolute atomic E-state index is 0.0695. The summed E-state index contributed by atoms with van der Waals surface area (Å²) in [5, 5.41) is 21.8. The molecular formula is C31H23N3O6. The van der Waals surface area contributed by atoms with Crippen molar-refractivity contribution in [1.82, 2.24) is 15.0 Å². The molecule has 198 valence electrons. The number of carbonyl (C=O) groups is 2. The van der Waals surface area contributed by atoms with Gasteiger partial charge in [-0.25, -0.2) is 14.6 Å². The van der Waals surface area contributed by atoms with Crippen molar-refractivity contribution in [2.75, 3.05) is 14.2 Å². The Morgan fingerprint density at radius 1 is 0.625 bits per heavy atom. The highest BCUT2D eigenvalue weighted by Gasteiger charge is 2.24. The maximum Gasteiger partial charge on any atom is 0.342 e. The van der Waals surface area contributed by atoms with Crippen LogP contribution < -0.4 is 0 Å². The maximum absolute atomic E-state index is 12.7. The molecule has 0 aliphatic carbocycles. The van der Waals surface area contributed by atoms with Gasteiger partial charge in [-0.05, 0) is 59.7 Å². The average molecular weight is 534 g/mol. The Morgan fingerprint density at radius 2 is 1.07 bits per heavy atom. The first-order valence-corrected chi connectivity index (χ1v) is 12.1. The van der Waals surface area contributed by atoms with Crippen molar-refractivity contribution in [1.29, 1.82) is 0 Å². The van der Waals surface area contributed by atoms with Crippen molar-refractivity contribution in [2.45, 2.75) is 0 Å². The van der Waals surface area contributed by atoms with Gasteiger partial charge in [0.1, 0.15) is 22.6 Å². The second-order valence-electron chi connectivity index (χ2n) is 8.71. The molecular weight excluding hydrogens is 510 g/mol. The molecule has 2 N–H and O–H groups in total. The van der Waals surface area contributed by atoms with Crippen LogP contribution in [0.15, 0.2) is 91.5 Å². The van der Waals surface area contributed by atoms with Crippen LogP contribution in [0.3, 0.4) is 0 Å². The number of phenols is 2. The topological polar surface area (TPSA) is 132 Å². The Kier molecular flexibility index (Phi) is 7.19. The van der Waals surface area contributed by atoms with E-state index in [9.17, 15) is 19.8 Å². The zero-order valence-electron chi connectivity index (χ0n) is 21.5. The fraction of sp³-hybridized carbons (Fsp3) is 0.0645. The summed E-state index contributed by atoms with van der Waals surface area (Å²) in [6, 6.07) is 18.5. The summed E-state index contributed by atoms with van der Waals surface area (Å²) in [4.78, 5) is 38.5. The molecule has 0 bridgehead atoms. The van der Waals surface area contributed by atoms with Crippen molar-refractivity contribution in [3.63, 3.8) is 0 Å². The molecule has 2 aromatic carbocycles. The van der Waals surface area contributed by atoms with Crippen molar-refractivity contribution in [2.24, 2.45) is 0 Å². The third-order valence-corrected chi connectivity index (χ3v) is 6.30. The van der Waals surface area contributed by atoms with Crippen LogP contribution in [0.2, 0.25) is 0 Å². The van der Waals surface area contributed by atoms with Gasteiger partial charge < -0.3 is 19.7 Å². The number of ether oxygens (including phenoxy) is 2. The fourth-order valence-electron chi connectivity index (χ4n) is 4.43. The Bertz CT molecular complexity index is 1600. The van der Waals surface area contributed by atoms with E-state index >= 15 is 0 Å². The van der Waals surface area contributed by atoms with Crippen molar-refractivity contribution >= 4 is 11.9 Å². The van der Waals surface area contributed by atoms with Crippen LogP contribution in [0.1, 0.15) is 20.7 Å². The highest BCUT2D eigenvalue weighted by molar-refractivity contribution is 6.02. The van der Waals surface area contributed by atoms with Gasteiger partial charge in [0.2, 0.25) is 0 Å². The molecule has 0 spiro atoms. The van der Waals surface area contributed by atoms with E-state index in [1.807, 2.05) is 12.1 Å². The molecule has 9 heteroatoms. The van der Waals surface area contributed by atoms with Gasteiger partial charge in [0.25, 0.3) is 0 Å². The number of aromatic nitrogens is 3. The lowest BCUT2D eigenvalue weighted by Crippen LogP contribution is -2.07. The van der Waals surface area contributed by atoms with Gasteiger partial charge in [-0.1, -0.05) is 18.2 Å². The number of rotatable bonds is 6.